The van der Waals surface area contributed by atoms with Gasteiger partial charge in [0.05, 0.1) is 0 Å². The summed E-state index contributed by atoms with van der Waals surface area (Å²) in [6, 6.07) is 5.72. The van der Waals surface area contributed by atoms with E-state index >= 15 is 0 Å². The first-order chi connectivity index (χ1) is 7.08. The summed E-state index contributed by atoms with van der Waals surface area (Å²) in [4.78, 5) is 22.3. The molecule has 1 N–H and O–H groups in total. The number of rotatable bonds is 1. The zero-order valence-corrected chi connectivity index (χ0v) is 8.53. The topological polar surface area (TPSA) is 55.4 Å². The van der Waals surface area contributed by atoms with E-state index in [1.54, 1.807) is 0 Å². The minimum Gasteiger partial charge on any atom is -0.431 e. The highest BCUT2D eigenvalue weighted by molar-refractivity contribution is 6.00. The summed E-state index contributed by atoms with van der Waals surface area (Å²) in [5.74, 6) is -0.395. The second kappa shape index (κ2) is 3.38. The van der Waals surface area contributed by atoms with Crippen molar-refractivity contribution in [2.75, 3.05) is 0 Å². The van der Waals surface area contributed by atoms with Crippen LogP contribution in [0.25, 0.3) is 0 Å². The number of carbonyl (C=O) groups excluding carboxylic acids is 2. The molecule has 1 saturated heterocycles. The molecule has 4 nitrogen and oxygen atoms in total. The predicted octanol–water partition coefficient (Wildman–Crippen LogP) is 1.61. The van der Waals surface area contributed by atoms with Crippen molar-refractivity contribution in [3.05, 3.63) is 34.9 Å². The Morgan fingerprint density at radius 1 is 1.27 bits per heavy atom. The van der Waals surface area contributed by atoms with Gasteiger partial charge < -0.3 is 4.74 Å². The Kier molecular flexibility index (Phi) is 2.19. The van der Waals surface area contributed by atoms with Gasteiger partial charge in [-0.15, -0.1) is 0 Å². The molecule has 2 amide bonds. The quantitative estimate of drug-likeness (QED) is 0.757. The number of benzene rings is 1. The fourth-order valence-corrected chi connectivity index (χ4v) is 1.60. The highest BCUT2D eigenvalue weighted by Crippen LogP contribution is 2.25. The third-order valence-electron chi connectivity index (χ3n) is 2.41. The van der Waals surface area contributed by atoms with E-state index in [1.165, 1.54) is 0 Å². The van der Waals surface area contributed by atoms with Gasteiger partial charge in [0.2, 0.25) is 6.10 Å². The van der Waals surface area contributed by atoms with Crippen molar-refractivity contribution in [3.63, 3.8) is 0 Å². The number of nitrogens with one attached hydrogen (secondary N) is 1. The molecular weight excluding hydrogens is 194 g/mol. The lowest BCUT2D eigenvalue weighted by molar-refractivity contribution is -0.123. The molecule has 15 heavy (non-hydrogen) atoms. The largest absolute Gasteiger partial charge is 0.431 e. The van der Waals surface area contributed by atoms with Gasteiger partial charge in [-0.25, -0.2) is 4.79 Å². The molecule has 2 rings (SSSR count). The lowest BCUT2D eigenvalue weighted by atomic mass is 10.0. The molecule has 1 unspecified atom stereocenters. The van der Waals surface area contributed by atoms with E-state index in [1.807, 2.05) is 32.0 Å². The third-order valence-corrected chi connectivity index (χ3v) is 2.41. The Morgan fingerprint density at radius 3 is 2.60 bits per heavy atom. The Bertz CT molecular complexity index is 439. The van der Waals surface area contributed by atoms with Crippen molar-refractivity contribution in [1.29, 1.82) is 0 Å². The van der Waals surface area contributed by atoms with E-state index in [2.05, 4.69) is 5.32 Å². The minimum absolute atomic E-state index is 0.395. The Labute approximate surface area is 87.2 Å². The van der Waals surface area contributed by atoms with E-state index in [9.17, 15) is 9.59 Å². The molecule has 0 spiro atoms. The van der Waals surface area contributed by atoms with Gasteiger partial charge in [0, 0.05) is 5.56 Å². The summed E-state index contributed by atoms with van der Waals surface area (Å²) in [6.07, 6.45) is -1.47. The smallest absolute Gasteiger partial charge is 0.415 e. The van der Waals surface area contributed by atoms with Gasteiger partial charge in [0.1, 0.15) is 0 Å². The number of ether oxygens (including phenoxy) is 1. The van der Waals surface area contributed by atoms with Crippen LogP contribution in [0.4, 0.5) is 4.79 Å². The monoisotopic (exact) mass is 205 g/mol. The molecular formula is C11H11NO3. The molecule has 1 heterocycles. The predicted molar refractivity (Wildman–Crippen MR) is 53.3 cm³/mol. The van der Waals surface area contributed by atoms with Crippen molar-refractivity contribution in [3.8, 4) is 0 Å². The van der Waals surface area contributed by atoms with Crippen molar-refractivity contribution in [2.45, 2.75) is 20.0 Å². The van der Waals surface area contributed by atoms with Crippen LogP contribution in [0.5, 0.6) is 0 Å². The summed E-state index contributed by atoms with van der Waals surface area (Å²) in [5.41, 5.74) is 2.72. The summed E-state index contributed by atoms with van der Waals surface area (Å²) < 4.78 is 4.90. The fourth-order valence-electron chi connectivity index (χ4n) is 1.60. The highest BCUT2D eigenvalue weighted by atomic mass is 16.6. The first-order valence-electron chi connectivity index (χ1n) is 4.66. The average molecular weight is 205 g/mol. The Hall–Kier alpha value is -1.84. The SMILES string of the molecule is Cc1ccc(C)c(C2OC(=O)NC2=O)c1. The number of amides is 2. The summed E-state index contributed by atoms with van der Waals surface area (Å²) in [6.45, 7) is 3.81. The van der Waals surface area contributed by atoms with Crippen LogP contribution in [0.15, 0.2) is 18.2 Å². The minimum atomic E-state index is -0.794. The average Bonchev–Trinajstić information content (AvgIpc) is 2.50. The summed E-state index contributed by atoms with van der Waals surface area (Å²) in [7, 11) is 0. The maximum Gasteiger partial charge on any atom is 0.415 e. The zero-order chi connectivity index (χ0) is 11.0. The molecule has 0 aromatic heterocycles. The number of aryl methyl sites for hydroxylation is 2. The lowest BCUT2D eigenvalue weighted by Crippen LogP contribution is -2.20. The van der Waals surface area contributed by atoms with Crippen LogP contribution < -0.4 is 5.32 Å². The van der Waals surface area contributed by atoms with E-state index in [4.69, 9.17) is 4.74 Å². The molecule has 1 aliphatic heterocycles. The molecule has 1 fully saturated rings. The summed E-state index contributed by atoms with van der Waals surface area (Å²) >= 11 is 0. The van der Waals surface area contributed by atoms with Crippen LogP contribution in [0.1, 0.15) is 22.8 Å². The number of imide groups is 1. The lowest BCUT2D eigenvalue weighted by Gasteiger charge is -2.10. The summed E-state index contributed by atoms with van der Waals surface area (Å²) in [5, 5.41) is 2.11. The van der Waals surface area contributed by atoms with Crippen molar-refractivity contribution in [2.24, 2.45) is 0 Å². The fraction of sp³-hybridized carbons (Fsp3) is 0.273. The zero-order valence-electron chi connectivity index (χ0n) is 8.53. The van der Waals surface area contributed by atoms with Crippen LogP contribution in [0.3, 0.4) is 0 Å². The number of alkyl carbamates (subject to hydrolysis) is 1. The third kappa shape index (κ3) is 1.70. The number of carbonyl (C=O) groups is 2. The first kappa shape index (κ1) is 9.71. The first-order valence-corrected chi connectivity index (χ1v) is 4.66. The molecule has 0 aliphatic carbocycles. The molecule has 0 radical (unpaired) electrons. The van der Waals surface area contributed by atoms with E-state index < -0.39 is 18.1 Å². The van der Waals surface area contributed by atoms with E-state index in [-0.39, 0.29) is 0 Å². The van der Waals surface area contributed by atoms with Gasteiger partial charge in [-0.3, -0.25) is 10.1 Å². The molecule has 0 saturated carbocycles. The molecule has 1 atom stereocenters. The normalized spacial score (nSPS) is 20.0. The van der Waals surface area contributed by atoms with Crippen molar-refractivity contribution < 1.29 is 14.3 Å². The van der Waals surface area contributed by atoms with E-state index in [0.29, 0.717) is 0 Å². The molecule has 78 valence electrons. The van der Waals surface area contributed by atoms with Gasteiger partial charge in [0.15, 0.2) is 0 Å². The van der Waals surface area contributed by atoms with Crippen molar-refractivity contribution in [1.82, 2.24) is 5.32 Å². The number of hydrogen-bond donors (Lipinski definition) is 1. The van der Waals surface area contributed by atoms with Crippen LogP contribution in [0, 0.1) is 13.8 Å². The molecule has 1 aromatic rings. The van der Waals surface area contributed by atoms with Gasteiger partial charge >= 0.3 is 6.09 Å². The van der Waals surface area contributed by atoms with Gasteiger partial charge in [-0.1, -0.05) is 23.8 Å². The van der Waals surface area contributed by atoms with Crippen molar-refractivity contribution >= 4 is 12.0 Å². The van der Waals surface area contributed by atoms with E-state index in [0.717, 1.165) is 16.7 Å². The standard InChI is InChI=1S/C11H11NO3/c1-6-3-4-7(2)8(5-6)9-10(13)12-11(14)15-9/h3-5,9H,1-2H3,(H,12,13,14). The van der Waals surface area contributed by atoms with Crippen LogP contribution >= 0.6 is 0 Å². The Morgan fingerprint density at radius 2 is 2.00 bits per heavy atom. The van der Waals surface area contributed by atoms with Crippen LogP contribution in [-0.4, -0.2) is 12.0 Å². The van der Waals surface area contributed by atoms with Crippen LogP contribution in [0.2, 0.25) is 0 Å². The number of hydrogen-bond acceptors (Lipinski definition) is 3. The highest BCUT2D eigenvalue weighted by Gasteiger charge is 2.34. The molecule has 1 aromatic carbocycles. The molecule has 4 heteroatoms. The maximum absolute atomic E-state index is 11.4. The number of cyclic esters (lactones) is 1. The maximum atomic E-state index is 11.4. The van der Waals surface area contributed by atoms with Crippen LogP contribution in [-0.2, 0) is 9.53 Å². The second-order valence-corrected chi connectivity index (χ2v) is 3.63. The molecule has 0 bridgehead atoms. The Balaban J connectivity index is 2.41. The molecule has 1 aliphatic rings. The van der Waals surface area contributed by atoms with Gasteiger partial charge in [0.25, 0.3) is 5.91 Å². The van der Waals surface area contributed by atoms with Gasteiger partial charge in [-0.2, -0.15) is 0 Å². The van der Waals surface area contributed by atoms with Gasteiger partial charge in [-0.05, 0) is 19.4 Å². The second-order valence-electron chi connectivity index (χ2n) is 3.63.